The van der Waals surface area contributed by atoms with E-state index < -0.39 is 0 Å². The second-order valence-corrected chi connectivity index (χ2v) is 8.23. The lowest BCUT2D eigenvalue weighted by atomic mass is 10.1. The van der Waals surface area contributed by atoms with Gasteiger partial charge in [0, 0.05) is 27.7 Å². The Morgan fingerprint density at radius 3 is 2.66 bits per heavy atom. The quantitative estimate of drug-likeness (QED) is 0.436. The Bertz CT molecular complexity index is 1110. The summed E-state index contributed by atoms with van der Waals surface area (Å²) in [7, 11) is 0. The molecule has 2 aromatic carbocycles. The Morgan fingerprint density at radius 1 is 1.17 bits per heavy atom. The van der Waals surface area contributed by atoms with Crippen molar-refractivity contribution in [2.24, 2.45) is 0 Å². The largest absolute Gasteiger partial charge is 0.326 e. The molecule has 0 aliphatic heterocycles. The highest BCUT2D eigenvalue weighted by Crippen LogP contribution is 2.22. The molecule has 0 atom stereocenters. The number of thioether (sulfide) groups is 1. The van der Waals surface area contributed by atoms with Crippen LogP contribution in [-0.4, -0.2) is 15.9 Å². The number of carbonyl (C=O) groups is 1. The summed E-state index contributed by atoms with van der Waals surface area (Å²) in [5, 5.41) is 4.08. The van der Waals surface area contributed by atoms with Gasteiger partial charge in [-0.15, -0.1) is 0 Å². The molecular formula is C22H22ClN3O2S. The van der Waals surface area contributed by atoms with Crippen molar-refractivity contribution in [2.75, 3.05) is 5.32 Å². The first-order chi connectivity index (χ1) is 13.8. The molecule has 0 bridgehead atoms. The highest BCUT2D eigenvalue weighted by Gasteiger charge is 2.14. The zero-order chi connectivity index (χ0) is 21.0. The van der Waals surface area contributed by atoms with E-state index >= 15 is 0 Å². The number of hydrogen-bond donors (Lipinski definition) is 2. The molecule has 0 unspecified atom stereocenters. The topological polar surface area (TPSA) is 74.8 Å². The van der Waals surface area contributed by atoms with E-state index in [9.17, 15) is 9.59 Å². The van der Waals surface area contributed by atoms with E-state index in [-0.39, 0.29) is 17.9 Å². The lowest BCUT2D eigenvalue weighted by Crippen LogP contribution is -2.24. The van der Waals surface area contributed by atoms with Crippen LogP contribution < -0.4 is 10.9 Å². The first kappa shape index (κ1) is 21.1. The summed E-state index contributed by atoms with van der Waals surface area (Å²) in [5.74, 6) is 0.392. The van der Waals surface area contributed by atoms with Gasteiger partial charge in [0.2, 0.25) is 5.91 Å². The Hall–Kier alpha value is -2.57. The van der Waals surface area contributed by atoms with Gasteiger partial charge >= 0.3 is 0 Å². The van der Waals surface area contributed by atoms with Crippen LogP contribution in [0.15, 0.2) is 52.4 Å². The van der Waals surface area contributed by atoms with Crippen molar-refractivity contribution in [3.63, 3.8) is 0 Å². The standard InChI is InChI=1S/C22H22ClN3O2S/c1-13-6-4-9-19(14(13)2)25-20(27)11-18-15(3)24-22(26-21(18)28)29-12-16-7-5-8-17(23)10-16/h4-10H,11-12H2,1-3H3,(H,25,27)(H,24,26,28). The lowest BCUT2D eigenvalue weighted by molar-refractivity contribution is -0.115. The second-order valence-electron chi connectivity index (χ2n) is 6.83. The Balaban J connectivity index is 1.69. The van der Waals surface area contributed by atoms with Gasteiger partial charge in [-0.3, -0.25) is 9.59 Å². The lowest BCUT2D eigenvalue weighted by Gasteiger charge is -2.11. The molecule has 3 aromatic rings. The zero-order valence-electron chi connectivity index (χ0n) is 16.5. The number of benzene rings is 2. The Kier molecular flexibility index (Phi) is 6.77. The van der Waals surface area contributed by atoms with Crippen LogP contribution >= 0.6 is 23.4 Å². The number of aromatic nitrogens is 2. The van der Waals surface area contributed by atoms with Crippen molar-refractivity contribution in [3.05, 3.63) is 85.8 Å². The average molecular weight is 428 g/mol. The maximum absolute atomic E-state index is 12.5. The molecule has 150 valence electrons. The molecule has 7 heteroatoms. The Labute approximate surface area is 178 Å². The number of aryl methyl sites for hydroxylation is 2. The number of halogens is 1. The SMILES string of the molecule is Cc1cccc(NC(=O)Cc2c(C)nc(SCc3cccc(Cl)c3)[nH]c2=O)c1C. The van der Waals surface area contributed by atoms with Crippen LogP contribution in [0.25, 0.3) is 0 Å². The third-order valence-electron chi connectivity index (χ3n) is 4.68. The van der Waals surface area contributed by atoms with Crippen molar-refractivity contribution in [2.45, 2.75) is 38.1 Å². The van der Waals surface area contributed by atoms with Crippen molar-refractivity contribution in [3.8, 4) is 0 Å². The molecule has 0 aliphatic carbocycles. The molecule has 1 aromatic heterocycles. The third kappa shape index (κ3) is 5.49. The fourth-order valence-electron chi connectivity index (χ4n) is 2.88. The Morgan fingerprint density at radius 2 is 1.93 bits per heavy atom. The van der Waals surface area contributed by atoms with Gasteiger partial charge in [0.1, 0.15) is 0 Å². The van der Waals surface area contributed by atoms with Crippen LogP contribution in [-0.2, 0) is 17.0 Å². The van der Waals surface area contributed by atoms with Crippen molar-refractivity contribution < 1.29 is 4.79 Å². The van der Waals surface area contributed by atoms with E-state index in [1.165, 1.54) is 11.8 Å². The molecule has 29 heavy (non-hydrogen) atoms. The fraction of sp³-hybridized carbons (Fsp3) is 0.227. The monoisotopic (exact) mass is 427 g/mol. The number of rotatable bonds is 6. The number of aromatic amines is 1. The third-order valence-corrected chi connectivity index (χ3v) is 5.86. The molecule has 1 amide bonds. The summed E-state index contributed by atoms with van der Waals surface area (Å²) in [5.41, 5.74) is 4.54. The number of nitrogens with one attached hydrogen (secondary N) is 2. The molecule has 2 N–H and O–H groups in total. The minimum absolute atomic E-state index is 0.0270. The van der Waals surface area contributed by atoms with Crippen LogP contribution in [0.1, 0.15) is 27.9 Å². The minimum atomic E-state index is -0.290. The predicted octanol–water partition coefficient (Wildman–Crippen LogP) is 4.82. The van der Waals surface area contributed by atoms with Gasteiger partial charge in [0.25, 0.3) is 5.56 Å². The maximum Gasteiger partial charge on any atom is 0.255 e. The van der Waals surface area contributed by atoms with Gasteiger partial charge < -0.3 is 10.3 Å². The molecule has 0 radical (unpaired) electrons. The van der Waals surface area contributed by atoms with Gasteiger partial charge in [-0.2, -0.15) is 0 Å². The summed E-state index contributed by atoms with van der Waals surface area (Å²) in [6.07, 6.45) is -0.0270. The molecule has 0 fully saturated rings. The molecule has 0 saturated heterocycles. The van der Waals surface area contributed by atoms with Crippen LogP contribution in [0.2, 0.25) is 5.02 Å². The first-order valence-corrected chi connectivity index (χ1v) is 10.5. The maximum atomic E-state index is 12.5. The van der Waals surface area contributed by atoms with Crippen LogP contribution in [0.4, 0.5) is 5.69 Å². The van der Waals surface area contributed by atoms with Gasteiger partial charge in [-0.05, 0) is 55.7 Å². The highest BCUT2D eigenvalue weighted by molar-refractivity contribution is 7.98. The number of anilines is 1. The van der Waals surface area contributed by atoms with Crippen molar-refractivity contribution >= 4 is 35.0 Å². The van der Waals surface area contributed by atoms with Crippen LogP contribution in [0.5, 0.6) is 0 Å². The molecule has 5 nitrogen and oxygen atoms in total. The number of hydrogen-bond acceptors (Lipinski definition) is 4. The normalized spacial score (nSPS) is 10.8. The molecule has 1 heterocycles. The van der Waals surface area contributed by atoms with Gasteiger partial charge in [-0.1, -0.05) is 47.6 Å². The zero-order valence-corrected chi connectivity index (χ0v) is 18.1. The number of nitrogens with zero attached hydrogens (tertiary/aromatic N) is 1. The average Bonchev–Trinajstić information content (AvgIpc) is 2.67. The van der Waals surface area contributed by atoms with Crippen LogP contribution in [0, 0.1) is 20.8 Å². The summed E-state index contributed by atoms with van der Waals surface area (Å²) in [6, 6.07) is 13.3. The van der Waals surface area contributed by atoms with E-state index in [0.717, 1.165) is 22.4 Å². The van der Waals surface area contributed by atoms with E-state index in [2.05, 4.69) is 15.3 Å². The molecule has 3 rings (SSSR count). The summed E-state index contributed by atoms with van der Waals surface area (Å²) < 4.78 is 0. The molecular weight excluding hydrogens is 406 g/mol. The highest BCUT2D eigenvalue weighted by atomic mass is 35.5. The van der Waals surface area contributed by atoms with Gasteiger partial charge in [-0.25, -0.2) is 4.98 Å². The summed E-state index contributed by atoms with van der Waals surface area (Å²) >= 11 is 7.42. The van der Waals surface area contributed by atoms with E-state index in [1.807, 2.05) is 56.3 Å². The van der Waals surface area contributed by atoms with E-state index in [1.54, 1.807) is 6.92 Å². The van der Waals surface area contributed by atoms with Gasteiger partial charge in [0.15, 0.2) is 5.16 Å². The minimum Gasteiger partial charge on any atom is -0.326 e. The van der Waals surface area contributed by atoms with Crippen LogP contribution in [0.3, 0.4) is 0 Å². The number of amides is 1. The summed E-state index contributed by atoms with van der Waals surface area (Å²) in [6.45, 7) is 5.69. The van der Waals surface area contributed by atoms with E-state index in [4.69, 9.17) is 11.6 Å². The number of carbonyl (C=O) groups excluding carboxylic acids is 1. The molecule has 0 aliphatic rings. The molecule has 0 saturated carbocycles. The first-order valence-electron chi connectivity index (χ1n) is 9.16. The van der Waals surface area contributed by atoms with E-state index in [0.29, 0.717) is 27.2 Å². The van der Waals surface area contributed by atoms with Crippen molar-refractivity contribution in [1.82, 2.24) is 9.97 Å². The number of H-pyrrole nitrogens is 1. The fourth-order valence-corrected chi connectivity index (χ4v) is 3.94. The van der Waals surface area contributed by atoms with Crippen molar-refractivity contribution in [1.29, 1.82) is 0 Å². The predicted molar refractivity (Wildman–Crippen MR) is 119 cm³/mol. The molecule has 0 spiro atoms. The van der Waals surface area contributed by atoms with Gasteiger partial charge in [0.05, 0.1) is 6.42 Å². The smallest absolute Gasteiger partial charge is 0.255 e. The second kappa shape index (κ2) is 9.29. The summed E-state index contributed by atoms with van der Waals surface area (Å²) in [4.78, 5) is 32.2.